The second-order valence-electron chi connectivity index (χ2n) is 4.76. The third-order valence-electron chi connectivity index (χ3n) is 3.37. The first kappa shape index (κ1) is 14.0. The molecule has 3 heteroatoms. The van der Waals surface area contributed by atoms with Gasteiger partial charge < -0.3 is 10.5 Å². The zero-order chi connectivity index (χ0) is 13.7. The van der Waals surface area contributed by atoms with Crippen molar-refractivity contribution in [3.8, 4) is 0 Å². The van der Waals surface area contributed by atoms with Gasteiger partial charge in [-0.05, 0) is 31.0 Å². The lowest BCUT2D eigenvalue weighted by Gasteiger charge is -2.24. The molecule has 0 saturated heterocycles. The first-order valence-electron chi connectivity index (χ1n) is 6.98. The van der Waals surface area contributed by atoms with Gasteiger partial charge in [-0.25, -0.2) is 0 Å². The smallest absolute Gasteiger partial charge is 0.0767 e. The molecule has 0 spiro atoms. The van der Waals surface area contributed by atoms with E-state index < -0.39 is 0 Å². The molecule has 0 bridgehead atoms. The highest BCUT2D eigenvalue weighted by Crippen LogP contribution is 2.23. The monoisotopic (exact) mass is 258 g/mol. The van der Waals surface area contributed by atoms with Gasteiger partial charge in [0.25, 0.3) is 0 Å². The van der Waals surface area contributed by atoms with Crippen LogP contribution in [0.2, 0.25) is 0 Å². The van der Waals surface area contributed by atoms with Crippen LogP contribution < -0.4 is 5.73 Å². The van der Waals surface area contributed by atoms with Gasteiger partial charge >= 0.3 is 0 Å². The number of pyridine rings is 1. The SMILES string of the molecule is CCCC(OCC)C(N)c1ccc2cccnc2c1. The fourth-order valence-electron chi connectivity index (χ4n) is 2.37. The summed E-state index contributed by atoms with van der Waals surface area (Å²) in [5.74, 6) is 0. The molecular weight excluding hydrogens is 236 g/mol. The fourth-order valence-corrected chi connectivity index (χ4v) is 2.37. The van der Waals surface area contributed by atoms with E-state index in [9.17, 15) is 0 Å². The minimum atomic E-state index is -0.0914. The van der Waals surface area contributed by atoms with Crippen LogP contribution in [0.1, 0.15) is 38.3 Å². The van der Waals surface area contributed by atoms with Crippen LogP contribution in [0.3, 0.4) is 0 Å². The Labute approximate surface area is 114 Å². The predicted octanol–water partition coefficient (Wildman–Crippen LogP) is 3.44. The molecule has 0 saturated carbocycles. The van der Waals surface area contributed by atoms with Crippen molar-refractivity contribution in [3.05, 3.63) is 42.1 Å². The fraction of sp³-hybridized carbons (Fsp3) is 0.438. The summed E-state index contributed by atoms with van der Waals surface area (Å²) >= 11 is 0. The highest BCUT2D eigenvalue weighted by Gasteiger charge is 2.19. The van der Waals surface area contributed by atoms with E-state index in [4.69, 9.17) is 10.5 Å². The van der Waals surface area contributed by atoms with E-state index in [1.54, 1.807) is 0 Å². The molecule has 0 aliphatic carbocycles. The summed E-state index contributed by atoms with van der Waals surface area (Å²) in [4.78, 5) is 4.38. The molecule has 0 fully saturated rings. The van der Waals surface area contributed by atoms with Crippen LogP contribution in [0, 0.1) is 0 Å². The van der Waals surface area contributed by atoms with Gasteiger partial charge in [0.05, 0.1) is 17.7 Å². The molecule has 2 unspecified atom stereocenters. The van der Waals surface area contributed by atoms with Gasteiger partial charge in [0, 0.05) is 18.2 Å². The maximum atomic E-state index is 6.35. The zero-order valence-corrected chi connectivity index (χ0v) is 11.7. The van der Waals surface area contributed by atoms with E-state index in [-0.39, 0.29) is 12.1 Å². The Morgan fingerprint density at radius 2 is 2.11 bits per heavy atom. The van der Waals surface area contributed by atoms with Crippen molar-refractivity contribution in [2.45, 2.75) is 38.8 Å². The van der Waals surface area contributed by atoms with E-state index in [1.165, 1.54) is 0 Å². The molecule has 2 aromatic rings. The molecule has 1 heterocycles. The highest BCUT2D eigenvalue weighted by atomic mass is 16.5. The lowest BCUT2D eigenvalue weighted by Crippen LogP contribution is -2.29. The van der Waals surface area contributed by atoms with Crippen molar-refractivity contribution in [1.29, 1.82) is 0 Å². The molecule has 3 nitrogen and oxygen atoms in total. The number of fused-ring (bicyclic) bond motifs is 1. The molecular formula is C16H22N2O. The van der Waals surface area contributed by atoms with Crippen LogP contribution in [-0.4, -0.2) is 17.7 Å². The summed E-state index contributed by atoms with van der Waals surface area (Å²) in [5.41, 5.74) is 8.43. The summed E-state index contributed by atoms with van der Waals surface area (Å²) in [6.45, 7) is 4.86. The van der Waals surface area contributed by atoms with Crippen molar-refractivity contribution in [3.63, 3.8) is 0 Å². The number of nitrogens with two attached hydrogens (primary N) is 1. The molecule has 19 heavy (non-hydrogen) atoms. The lowest BCUT2D eigenvalue weighted by atomic mass is 9.98. The van der Waals surface area contributed by atoms with Gasteiger partial charge in [-0.1, -0.05) is 31.5 Å². The van der Waals surface area contributed by atoms with Crippen LogP contribution in [0.4, 0.5) is 0 Å². The van der Waals surface area contributed by atoms with E-state index in [2.05, 4.69) is 36.2 Å². The quantitative estimate of drug-likeness (QED) is 0.863. The van der Waals surface area contributed by atoms with Crippen molar-refractivity contribution in [2.75, 3.05) is 6.61 Å². The Morgan fingerprint density at radius 1 is 1.26 bits per heavy atom. The average molecular weight is 258 g/mol. The van der Waals surface area contributed by atoms with Crippen molar-refractivity contribution in [2.24, 2.45) is 5.73 Å². The molecule has 0 aliphatic rings. The topological polar surface area (TPSA) is 48.1 Å². The van der Waals surface area contributed by atoms with Crippen LogP contribution in [0.15, 0.2) is 36.5 Å². The highest BCUT2D eigenvalue weighted by molar-refractivity contribution is 5.79. The van der Waals surface area contributed by atoms with E-state index in [1.807, 2.05) is 19.2 Å². The first-order chi connectivity index (χ1) is 9.26. The van der Waals surface area contributed by atoms with E-state index in [0.717, 1.165) is 29.3 Å². The van der Waals surface area contributed by atoms with Gasteiger partial charge in [0.1, 0.15) is 0 Å². The Kier molecular flexibility index (Phi) is 4.88. The number of nitrogens with zero attached hydrogens (tertiary/aromatic N) is 1. The van der Waals surface area contributed by atoms with Gasteiger partial charge in [-0.15, -0.1) is 0 Å². The molecule has 0 radical (unpaired) electrons. The zero-order valence-electron chi connectivity index (χ0n) is 11.7. The molecule has 102 valence electrons. The molecule has 2 N–H and O–H groups in total. The van der Waals surface area contributed by atoms with Gasteiger partial charge in [-0.2, -0.15) is 0 Å². The minimum Gasteiger partial charge on any atom is -0.377 e. The molecule has 0 amide bonds. The third-order valence-corrected chi connectivity index (χ3v) is 3.37. The van der Waals surface area contributed by atoms with E-state index in [0.29, 0.717) is 6.61 Å². The molecule has 2 atom stereocenters. The molecule has 1 aromatic heterocycles. The van der Waals surface area contributed by atoms with Crippen molar-refractivity contribution < 1.29 is 4.74 Å². The standard InChI is InChI=1S/C16H22N2O/c1-3-6-15(19-4-2)16(17)13-9-8-12-7-5-10-18-14(12)11-13/h5,7-11,15-16H,3-4,6,17H2,1-2H3. The average Bonchev–Trinajstić information content (AvgIpc) is 2.46. The van der Waals surface area contributed by atoms with Gasteiger partial charge in [0.2, 0.25) is 0 Å². The largest absolute Gasteiger partial charge is 0.377 e. The second kappa shape index (κ2) is 6.64. The first-order valence-corrected chi connectivity index (χ1v) is 6.98. The molecule has 2 rings (SSSR count). The Hall–Kier alpha value is -1.45. The maximum absolute atomic E-state index is 6.35. The van der Waals surface area contributed by atoms with Crippen LogP contribution >= 0.6 is 0 Å². The van der Waals surface area contributed by atoms with Gasteiger partial charge in [-0.3, -0.25) is 4.98 Å². The lowest BCUT2D eigenvalue weighted by molar-refractivity contribution is 0.0374. The number of ether oxygens (including phenoxy) is 1. The van der Waals surface area contributed by atoms with Crippen molar-refractivity contribution >= 4 is 10.9 Å². The molecule has 0 aliphatic heterocycles. The normalized spacial score (nSPS) is 14.5. The van der Waals surface area contributed by atoms with Crippen molar-refractivity contribution in [1.82, 2.24) is 4.98 Å². The summed E-state index contributed by atoms with van der Waals surface area (Å²) in [6, 6.07) is 10.1. The third kappa shape index (κ3) is 3.31. The number of benzene rings is 1. The minimum absolute atomic E-state index is 0.0798. The van der Waals surface area contributed by atoms with E-state index >= 15 is 0 Å². The number of hydrogen-bond acceptors (Lipinski definition) is 3. The van der Waals surface area contributed by atoms with Crippen LogP contribution in [0.5, 0.6) is 0 Å². The summed E-state index contributed by atoms with van der Waals surface area (Å²) in [7, 11) is 0. The Morgan fingerprint density at radius 3 is 2.84 bits per heavy atom. The number of rotatable bonds is 6. The summed E-state index contributed by atoms with van der Waals surface area (Å²) < 4.78 is 5.77. The Balaban J connectivity index is 2.26. The predicted molar refractivity (Wildman–Crippen MR) is 79.0 cm³/mol. The number of aromatic nitrogens is 1. The second-order valence-corrected chi connectivity index (χ2v) is 4.76. The molecule has 1 aromatic carbocycles. The number of hydrogen-bond donors (Lipinski definition) is 1. The van der Waals surface area contributed by atoms with Crippen LogP contribution in [0.25, 0.3) is 10.9 Å². The van der Waals surface area contributed by atoms with Gasteiger partial charge in [0.15, 0.2) is 0 Å². The maximum Gasteiger partial charge on any atom is 0.0767 e. The summed E-state index contributed by atoms with van der Waals surface area (Å²) in [5, 5.41) is 1.14. The summed E-state index contributed by atoms with van der Waals surface area (Å²) in [6.07, 6.45) is 3.94. The Bertz CT molecular complexity index is 521. The van der Waals surface area contributed by atoms with Crippen LogP contribution in [-0.2, 0) is 4.74 Å².